The van der Waals surface area contributed by atoms with Crippen molar-refractivity contribution in [2.45, 2.75) is 37.6 Å². The van der Waals surface area contributed by atoms with Crippen LogP contribution < -0.4 is 0 Å². The van der Waals surface area contributed by atoms with Gasteiger partial charge in [0.2, 0.25) is 5.91 Å². The van der Waals surface area contributed by atoms with Crippen molar-refractivity contribution < 1.29 is 23.5 Å². The van der Waals surface area contributed by atoms with Crippen LogP contribution in [0.5, 0.6) is 0 Å². The zero-order chi connectivity index (χ0) is 17.4. The minimum absolute atomic E-state index is 0.00155. The summed E-state index contributed by atoms with van der Waals surface area (Å²) in [6.45, 7) is 1.85. The molecular weight excluding hydrogens is 327 g/mol. The lowest BCUT2D eigenvalue weighted by Gasteiger charge is -2.36. The van der Waals surface area contributed by atoms with E-state index in [-0.39, 0.29) is 42.5 Å². The van der Waals surface area contributed by atoms with Crippen molar-refractivity contribution >= 4 is 11.8 Å². The molecular formula is C18H21FN2O4. The minimum Gasteiger partial charge on any atom is -0.368 e. The second kappa shape index (κ2) is 6.72. The first-order valence-electron chi connectivity index (χ1n) is 8.68. The zero-order valence-corrected chi connectivity index (χ0v) is 13.9. The van der Waals surface area contributed by atoms with Crippen LogP contribution in [0.4, 0.5) is 4.39 Å². The molecule has 134 valence electrons. The van der Waals surface area contributed by atoms with E-state index in [1.54, 1.807) is 21.9 Å². The monoisotopic (exact) mass is 348 g/mol. The Hall–Kier alpha value is -1.99. The lowest BCUT2D eigenvalue weighted by atomic mass is 10.1. The molecule has 2 amide bonds. The van der Waals surface area contributed by atoms with Crippen molar-refractivity contribution in [1.29, 1.82) is 0 Å². The quantitative estimate of drug-likeness (QED) is 0.816. The summed E-state index contributed by atoms with van der Waals surface area (Å²) in [4.78, 5) is 28.4. The highest BCUT2D eigenvalue weighted by Gasteiger charge is 2.45. The Kier molecular flexibility index (Phi) is 4.43. The van der Waals surface area contributed by atoms with Gasteiger partial charge in [-0.1, -0.05) is 12.1 Å². The van der Waals surface area contributed by atoms with Crippen molar-refractivity contribution in [2.24, 2.45) is 0 Å². The van der Waals surface area contributed by atoms with Crippen molar-refractivity contribution in [3.8, 4) is 0 Å². The Morgan fingerprint density at radius 2 is 2.16 bits per heavy atom. The summed E-state index contributed by atoms with van der Waals surface area (Å²) in [6, 6.07) is 6.04. The van der Waals surface area contributed by atoms with E-state index in [4.69, 9.17) is 9.47 Å². The number of halogens is 1. The summed E-state index contributed by atoms with van der Waals surface area (Å²) in [5.41, 5.74) is 0.734. The molecule has 0 aliphatic carbocycles. The predicted molar refractivity (Wildman–Crippen MR) is 86.0 cm³/mol. The van der Waals surface area contributed by atoms with Gasteiger partial charge in [-0.05, 0) is 30.5 Å². The van der Waals surface area contributed by atoms with E-state index in [0.29, 0.717) is 26.2 Å². The van der Waals surface area contributed by atoms with E-state index in [2.05, 4.69) is 0 Å². The third kappa shape index (κ3) is 3.26. The Morgan fingerprint density at radius 3 is 2.92 bits per heavy atom. The third-order valence-electron chi connectivity index (χ3n) is 5.14. The summed E-state index contributed by atoms with van der Waals surface area (Å²) in [7, 11) is 0. The van der Waals surface area contributed by atoms with E-state index in [1.165, 1.54) is 12.1 Å². The fourth-order valence-corrected chi connectivity index (χ4v) is 3.86. The van der Waals surface area contributed by atoms with Gasteiger partial charge in [-0.25, -0.2) is 4.39 Å². The number of rotatable bonds is 3. The number of hydrogen-bond donors (Lipinski definition) is 0. The summed E-state index contributed by atoms with van der Waals surface area (Å²) >= 11 is 0. The normalized spacial score (nSPS) is 29.2. The molecule has 3 saturated heterocycles. The lowest BCUT2D eigenvalue weighted by Crippen LogP contribution is -2.53. The molecule has 0 saturated carbocycles. The average molecular weight is 348 g/mol. The maximum atomic E-state index is 13.4. The molecule has 0 bridgehead atoms. The standard InChI is InChI=1S/C18H21FN2O4/c19-13-4-1-3-12(7-13)8-21-14-9-20(10-16(14)25-11-17(21)22)18(23)15-5-2-6-24-15/h1,3-4,7,14-16H,2,5-6,8-11H2/t14-,15+,16-/m1/s1. The molecule has 1 aromatic rings. The van der Waals surface area contributed by atoms with Gasteiger partial charge in [-0.15, -0.1) is 0 Å². The fourth-order valence-electron chi connectivity index (χ4n) is 3.86. The number of carbonyl (C=O) groups excluding carboxylic acids is 2. The third-order valence-corrected chi connectivity index (χ3v) is 5.14. The van der Waals surface area contributed by atoms with Crippen LogP contribution >= 0.6 is 0 Å². The van der Waals surface area contributed by atoms with Crippen molar-refractivity contribution in [3.63, 3.8) is 0 Å². The molecule has 3 aliphatic heterocycles. The number of fused-ring (bicyclic) bond motifs is 1. The number of ether oxygens (including phenoxy) is 2. The van der Waals surface area contributed by atoms with Gasteiger partial charge in [0.1, 0.15) is 18.5 Å². The first-order chi connectivity index (χ1) is 12.1. The van der Waals surface area contributed by atoms with Crippen LogP contribution in [0.2, 0.25) is 0 Å². The SMILES string of the molecule is O=C([C@@H]1CCCO1)N1C[C@@H]2[C@@H](C1)OCC(=O)N2Cc1cccc(F)c1. The first kappa shape index (κ1) is 16.5. The first-order valence-corrected chi connectivity index (χ1v) is 8.68. The van der Waals surface area contributed by atoms with Gasteiger partial charge in [-0.2, -0.15) is 0 Å². The lowest BCUT2D eigenvalue weighted by molar-refractivity contribution is -0.153. The zero-order valence-electron chi connectivity index (χ0n) is 13.9. The minimum atomic E-state index is -0.368. The molecule has 0 radical (unpaired) electrons. The number of nitrogens with zero attached hydrogens (tertiary/aromatic N) is 2. The Morgan fingerprint density at radius 1 is 1.28 bits per heavy atom. The van der Waals surface area contributed by atoms with Gasteiger partial charge in [-0.3, -0.25) is 9.59 Å². The Balaban J connectivity index is 1.48. The van der Waals surface area contributed by atoms with Crippen molar-refractivity contribution in [3.05, 3.63) is 35.6 Å². The number of amides is 2. The van der Waals surface area contributed by atoms with Gasteiger partial charge in [0, 0.05) is 26.2 Å². The second-order valence-electron chi connectivity index (χ2n) is 6.81. The van der Waals surface area contributed by atoms with Gasteiger partial charge >= 0.3 is 0 Å². The van der Waals surface area contributed by atoms with Crippen LogP contribution in [0.1, 0.15) is 18.4 Å². The Bertz CT molecular complexity index is 677. The molecule has 1 aromatic carbocycles. The number of morpholine rings is 1. The maximum absolute atomic E-state index is 13.4. The summed E-state index contributed by atoms with van der Waals surface area (Å²) in [5, 5.41) is 0. The molecule has 0 unspecified atom stereocenters. The van der Waals surface area contributed by atoms with Crippen LogP contribution in [0.15, 0.2) is 24.3 Å². The number of carbonyl (C=O) groups is 2. The fraction of sp³-hybridized carbons (Fsp3) is 0.556. The van der Waals surface area contributed by atoms with Gasteiger partial charge < -0.3 is 19.3 Å². The topological polar surface area (TPSA) is 59.1 Å². The van der Waals surface area contributed by atoms with Crippen molar-refractivity contribution in [2.75, 3.05) is 26.3 Å². The maximum Gasteiger partial charge on any atom is 0.251 e. The predicted octanol–water partition coefficient (Wildman–Crippen LogP) is 0.943. The molecule has 6 nitrogen and oxygen atoms in total. The highest BCUT2D eigenvalue weighted by Crippen LogP contribution is 2.27. The molecule has 3 heterocycles. The van der Waals surface area contributed by atoms with Crippen LogP contribution in [-0.2, 0) is 25.6 Å². The van der Waals surface area contributed by atoms with E-state index in [0.717, 1.165) is 18.4 Å². The summed E-state index contributed by atoms with van der Waals surface area (Å²) in [5.74, 6) is -0.470. The molecule has 3 fully saturated rings. The highest BCUT2D eigenvalue weighted by atomic mass is 19.1. The molecule has 25 heavy (non-hydrogen) atoms. The molecule has 4 rings (SSSR count). The van der Waals surface area contributed by atoms with Crippen LogP contribution in [0, 0.1) is 5.82 Å². The van der Waals surface area contributed by atoms with E-state index < -0.39 is 0 Å². The Labute approximate surface area is 145 Å². The van der Waals surface area contributed by atoms with Crippen LogP contribution in [-0.4, -0.2) is 66.2 Å². The molecule has 7 heteroatoms. The number of hydrogen-bond acceptors (Lipinski definition) is 4. The second-order valence-corrected chi connectivity index (χ2v) is 6.81. The molecule has 0 aromatic heterocycles. The largest absolute Gasteiger partial charge is 0.368 e. The van der Waals surface area contributed by atoms with Gasteiger partial charge in [0.05, 0.1) is 12.1 Å². The van der Waals surface area contributed by atoms with Gasteiger partial charge in [0.15, 0.2) is 0 Å². The summed E-state index contributed by atoms with van der Waals surface area (Å²) < 4.78 is 24.6. The molecule has 0 N–H and O–H groups in total. The highest BCUT2D eigenvalue weighted by molar-refractivity contribution is 5.82. The van der Waals surface area contributed by atoms with E-state index >= 15 is 0 Å². The van der Waals surface area contributed by atoms with Gasteiger partial charge in [0.25, 0.3) is 5.91 Å². The summed E-state index contributed by atoms with van der Waals surface area (Å²) in [6.07, 6.45) is 1.08. The average Bonchev–Trinajstić information content (AvgIpc) is 3.26. The number of likely N-dealkylation sites (tertiary alicyclic amines) is 1. The van der Waals surface area contributed by atoms with Crippen molar-refractivity contribution in [1.82, 2.24) is 9.80 Å². The molecule has 3 atom stereocenters. The van der Waals surface area contributed by atoms with E-state index in [9.17, 15) is 14.0 Å². The number of benzene rings is 1. The van der Waals surface area contributed by atoms with Crippen LogP contribution in [0.25, 0.3) is 0 Å². The van der Waals surface area contributed by atoms with Crippen LogP contribution in [0.3, 0.4) is 0 Å². The molecule has 3 aliphatic rings. The smallest absolute Gasteiger partial charge is 0.251 e. The van der Waals surface area contributed by atoms with E-state index in [1.807, 2.05) is 0 Å². The molecule has 0 spiro atoms.